The predicted octanol–water partition coefficient (Wildman–Crippen LogP) is 9.34. The number of nitrogens with zero attached hydrogens (tertiary/aromatic N) is 7. The Bertz CT molecular complexity index is 2760. The molecule has 0 unspecified atom stereocenters. The molecule has 48 heavy (non-hydrogen) atoms. The average molecular weight is 616 g/mol. The molecule has 7 nitrogen and oxygen atoms in total. The van der Waals surface area contributed by atoms with E-state index in [-0.39, 0.29) is 0 Å². The molecule has 6 aromatic heterocycles. The molecule has 0 fully saturated rings. The molecule has 6 heterocycles. The Hall–Kier alpha value is -6.73. The van der Waals surface area contributed by atoms with Crippen LogP contribution >= 0.6 is 0 Å². The van der Waals surface area contributed by atoms with Crippen molar-refractivity contribution in [1.82, 2.24) is 34.1 Å². The van der Waals surface area contributed by atoms with Gasteiger partial charge < -0.3 is 9.13 Å². The number of pyridine rings is 3. The highest BCUT2D eigenvalue weighted by atomic mass is 15.1. The summed E-state index contributed by atoms with van der Waals surface area (Å²) in [5.41, 5.74) is 10.4. The smallest absolute Gasteiger partial charge is 0.116 e. The molecular formula is C41H25N7. The summed E-state index contributed by atoms with van der Waals surface area (Å²) in [5, 5.41) is 5.46. The summed E-state index contributed by atoms with van der Waals surface area (Å²) in [7, 11) is 0. The third-order valence-electron chi connectivity index (χ3n) is 9.13. The van der Waals surface area contributed by atoms with Gasteiger partial charge >= 0.3 is 0 Å². The zero-order valence-electron chi connectivity index (χ0n) is 25.6. The number of aromatic nitrogens is 7. The van der Waals surface area contributed by atoms with Gasteiger partial charge in [0.25, 0.3) is 0 Å². The van der Waals surface area contributed by atoms with Crippen molar-refractivity contribution in [3.63, 3.8) is 0 Å². The van der Waals surface area contributed by atoms with E-state index in [0.29, 0.717) is 0 Å². The molecule has 10 aromatic rings. The van der Waals surface area contributed by atoms with Crippen molar-refractivity contribution in [2.45, 2.75) is 0 Å². The van der Waals surface area contributed by atoms with Gasteiger partial charge in [-0.05, 0) is 60.7 Å². The van der Waals surface area contributed by atoms with Crippen LogP contribution in [0.25, 0.3) is 88.7 Å². The number of hydrogen-bond donors (Lipinski definition) is 0. The van der Waals surface area contributed by atoms with E-state index in [4.69, 9.17) is 19.9 Å². The molecule has 4 aromatic carbocycles. The maximum Gasteiger partial charge on any atom is 0.116 e. The van der Waals surface area contributed by atoms with E-state index in [1.165, 1.54) is 0 Å². The second-order valence-electron chi connectivity index (χ2n) is 11.8. The van der Waals surface area contributed by atoms with Crippen molar-refractivity contribution >= 4 is 54.5 Å². The zero-order valence-corrected chi connectivity index (χ0v) is 25.6. The number of fused-ring (bicyclic) bond motifs is 10. The van der Waals surface area contributed by atoms with Crippen LogP contribution < -0.4 is 0 Å². The first-order valence-corrected chi connectivity index (χ1v) is 15.8. The number of benzene rings is 4. The average Bonchev–Trinajstić information content (AvgIpc) is 3.70. The van der Waals surface area contributed by atoms with Gasteiger partial charge in [0.2, 0.25) is 0 Å². The van der Waals surface area contributed by atoms with Crippen LogP contribution in [-0.2, 0) is 0 Å². The number of para-hydroxylation sites is 3. The molecular weight excluding hydrogens is 591 g/mol. The molecule has 0 atom stereocenters. The quantitative estimate of drug-likeness (QED) is 0.197. The molecule has 0 saturated heterocycles. The van der Waals surface area contributed by atoms with E-state index in [1.54, 1.807) is 18.7 Å². The standard InChI is InChI=1S/C41H25N7/c1-2-12-26(13-3-1)47-36-19-7-5-15-29(36)38-39-30(24-42-25-45-39)37-28-14-4-6-18-35(28)48(40(37)41(38)47)27-22-33(31-16-8-10-20-43-31)46-34(23-27)32-17-9-11-21-44-32/h1-25H. The molecule has 0 aliphatic heterocycles. The molecule has 0 saturated carbocycles. The third-order valence-corrected chi connectivity index (χ3v) is 9.13. The van der Waals surface area contributed by atoms with Crippen molar-refractivity contribution in [1.29, 1.82) is 0 Å². The van der Waals surface area contributed by atoms with E-state index in [2.05, 4.69) is 105 Å². The highest BCUT2D eigenvalue weighted by Gasteiger charge is 2.25. The van der Waals surface area contributed by atoms with Crippen LogP contribution in [0.2, 0.25) is 0 Å². The van der Waals surface area contributed by atoms with Gasteiger partial charge in [0, 0.05) is 51.2 Å². The fourth-order valence-corrected chi connectivity index (χ4v) is 7.20. The highest BCUT2D eigenvalue weighted by molar-refractivity contribution is 6.35. The van der Waals surface area contributed by atoms with Gasteiger partial charge in [-0.15, -0.1) is 0 Å². The molecule has 0 radical (unpaired) electrons. The summed E-state index contributed by atoms with van der Waals surface area (Å²) in [4.78, 5) is 24.0. The SMILES string of the molecule is c1ccc(-n2c3ccccc3c3c4ncncc4c4c5ccccc5n(-c5cc(-c6ccccn6)nc(-c6ccccn6)c5)c4c32)cc1. The van der Waals surface area contributed by atoms with E-state index in [0.717, 1.165) is 88.7 Å². The summed E-state index contributed by atoms with van der Waals surface area (Å²) in [6.07, 6.45) is 7.22. The third kappa shape index (κ3) is 3.85. The van der Waals surface area contributed by atoms with E-state index < -0.39 is 0 Å². The summed E-state index contributed by atoms with van der Waals surface area (Å²) < 4.78 is 4.75. The molecule has 224 valence electrons. The molecule has 0 amide bonds. The second kappa shape index (κ2) is 10.4. The van der Waals surface area contributed by atoms with Crippen molar-refractivity contribution < 1.29 is 0 Å². The minimum atomic E-state index is 0.767. The van der Waals surface area contributed by atoms with Gasteiger partial charge in [-0.3, -0.25) is 9.97 Å². The van der Waals surface area contributed by atoms with Gasteiger partial charge in [0.05, 0.1) is 56.0 Å². The minimum Gasteiger partial charge on any atom is -0.307 e. The molecule has 7 heteroatoms. The van der Waals surface area contributed by atoms with Crippen molar-refractivity contribution in [3.8, 4) is 34.2 Å². The van der Waals surface area contributed by atoms with Gasteiger partial charge in [-0.25, -0.2) is 15.0 Å². The van der Waals surface area contributed by atoms with Crippen LogP contribution in [-0.4, -0.2) is 34.1 Å². The first-order chi connectivity index (χ1) is 23.8. The van der Waals surface area contributed by atoms with E-state index in [1.807, 2.05) is 42.6 Å². The van der Waals surface area contributed by atoms with E-state index >= 15 is 0 Å². The van der Waals surface area contributed by atoms with Crippen LogP contribution in [0, 0.1) is 0 Å². The lowest BCUT2D eigenvalue weighted by Gasteiger charge is -2.15. The minimum absolute atomic E-state index is 0.767. The fourth-order valence-electron chi connectivity index (χ4n) is 7.20. The molecule has 0 bridgehead atoms. The van der Waals surface area contributed by atoms with Gasteiger partial charge in [-0.1, -0.05) is 66.7 Å². The van der Waals surface area contributed by atoms with Crippen molar-refractivity contribution in [3.05, 3.63) is 152 Å². The molecule has 0 aliphatic carbocycles. The predicted molar refractivity (Wildman–Crippen MR) is 192 cm³/mol. The molecule has 0 spiro atoms. The van der Waals surface area contributed by atoms with Crippen molar-refractivity contribution in [2.24, 2.45) is 0 Å². The highest BCUT2D eigenvalue weighted by Crippen LogP contribution is 2.46. The largest absolute Gasteiger partial charge is 0.307 e. The lowest BCUT2D eigenvalue weighted by atomic mass is 10.0. The van der Waals surface area contributed by atoms with E-state index in [9.17, 15) is 0 Å². The Balaban J connectivity index is 1.47. The first kappa shape index (κ1) is 26.5. The normalized spacial score (nSPS) is 11.8. The molecule has 10 rings (SSSR count). The lowest BCUT2D eigenvalue weighted by molar-refractivity contribution is 1.13. The maximum absolute atomic E-state index is 5.09. The Labute approximate surface area is 274 Å². The second-order valence-corrected chi connectivity index (χ2v) is 11.8. The van der Waals surface area contributed by atoms with Crippen LogP contribution in [0.3, 0.4) is 0 Å². The van der Waals surface area contributed by atoms with Crippen LogP contribution in [0.15, 0.2) is 152 Å². The maximum atomic E-state index is 5.09. The fraction of sp³-hybridized carbons (Fsp3) is 0. The Morgan fingerprint density at radius 1 is 0.438 bits per heavy atom. The topological polar surface area (TPSA) is 74.3 Å². The van der Waals surface area contributed by atoms with Gasteiger partial charge in [-0.2, -0.15) is 0 Å². The summed E-state index contributed by atoms with van der Waals surface area (Å²) >= 11 is 0. The summed E-state index contributed by atoms with van der Waals surface area (Å²) in [6.45, 7) is 0. The summed E-state index contributed by atoms with van der Waals surface area (Å²) in [6, 6.07) is 43.8. The van der Waals surface area contributed by atoms with Crippen LogP contribution in [0.4, 0.5) is 0 Å². The van der Waals surface area contributed by atoms with Crippen LogP contribution in [0.5, 0.6) is 0 Å². The monoisotopic (exact) mass is 615 g/mol. The Morgan fingerprint density at radius 3 is 1.65 bits per heavy atom. The Morgan fingerprint density at radius 2 is 1.00 bits per heavy atom. The Kier molecular flexibility index (Phi) is 5.74. The lowest BCUT2D eigenvalue weighted by Crippen LogP contribution is -2.01. The van der Waals surface area contributed by atoms with Crippen molar-refractivity contribution in [2.75, 3.05) is 0 Å². The molecule has 0 N–H and O–H groups in total. The van der Waals surface area contributed by atoms with Crippen LogP contribution in [0.1, 0.15) is 0 Å². The first-order valence-electron chi connectivity index (χ1n) is 15.8. The zero-order chi connectivity index (χ0) is 31.6. The summed E-state index contributed by atoms with van der Waals surface area (Å²) in [5.74, 6) is 0. The number of rotatable bonds is 4. The molecule has 0 aliphatic rings. The van der Waals surface area contributed by atoms with Gasteiger partial charge in [0.15, 0.2) is 0 Å². The number of hydrogen-bond acceptors (Lipinski definition) is 5. The van der Waals surface area contributed by atoms with Gasteiger partial charge in [0.1, 0.15) is 6.33 Å².